The SMILES string of the molecule is CC(C)C(=O)Nc1nc(OC(=O)N(c2ccccc2)c2ccccc2)c2ncn(C/C(F)=C(\CCO)CCO[Si](C)(C)C(C)(C)C)c2n1. The van der Waals surface area contributed by atoms with E-state index in [-0.39, 0.29) is 59.4 Å². The third kappa shape index (κ3) is 8.91. The number of nitrogens with one attached hydrogen (secondary N) is 1. The van der Waals surface area contributed by atoms with Gasteiger partial charge in [0, 0.05) is 19.1 Å². The normalized spacial score (nSPS) is 12.6. The van der Waals surface area contributed by atoms with Crippen LogP contribution in [0, 0.1) is 5.92 Å². The first-order valence-electron chi connectivity index (χ1n) is 16.0. The van der Waals surface area contributed by atoms with Crippen molar-refractivity contribution < 1.29 is 28.2 Å². The van der Waals surface area contributed by atoms with Crippen LogP contribution in [-0.2, 0) is 15.8 Å². The number of imidazole rings is 1. The monoisotopic (exact) mass is 676 g/mol. The molecule has 13 heteroatoms. The molecule has 4 rings (SSSR count). The van der Waals surface area contributed by atoms with E-state index in [2.05, 4.69) is 54.1 Å². The summed E-state index contributed by atoms with van der Waals surface area (Å²) in [6, 6.07) is 17.9. The molecule has 0 spiro atoms. The number of ether oxygens (including phenoxy) is 1. The van der Waals surface area contributed by atoms with E-state index in [4.69, 9.17) is 9.16 Å². The molecular formula is C35H45FN6O5Si. The topological polar surface area (TPSA) is 132 Å². The smallest absolute Gasteiger partial charge is 0.417 e. The molecule has 0 saturated carbocycles. The zero-order chi connectivity index (χ0) is 35.1. The highest BCUT2D eigenvalue weighted by atomic mass is 28.4. The average molecular weight is 677 g/mol. The van der Waals surface area contributed by atoms with E-state index < -0.39 is 20.2 Å². The fourth-order valence-electron chi connectivity index (χ4n) is 4.50. The molecule has 0 unspecified atom stereocenters. The number of carbonyl (C=O) groups is 2. The van der Waals surface area contributed by atoms with Gasteiger partial charge < -0.3 is 18.8 Å². The lowest BCUT2D eigenvalue weighted by Crippen LogP contribution is -2.41. The first kappa shape index (κ1) is 36.4. The summed E-state index contributed by atoms with van der Waals surface area (Å²) in [5.41, 5.74) is 1.78. The van der Waals surface area contributed by atoms with E-state index >= 15 is 4.39 Å². The lowest BCUT2D eigenvalue weighted by atomic mass is 10.1. The van der Waals surface area contributed by atoms with Gasteiger partial charge in [-0.3, -0.25) is 10.1 Å². The van der Waals surface area contributed by atoms with Crippen LogP contribution >= 0.6 is 0 Å². The van der Waals surface area contributed by atoms with Crippen molar-refractivity contribution in [3.8, 4) is 5.88 Å². The van der Waals surface area contributed by atoms with E-state index in [0.717, 1.165) is 0 Å². The Kier molecular flexibility index (Phi) is 11.8. The van der Waals surface area contributed by atoms with Crippen molar-refractivity contribution in [2.45, 2.75) is 72.1 Å². The minimum absolute atomic E-state index is 0.00487. The average Bonchev–Trinajstić information content (AvgIpc) is 3.43. The highest BCUT2D eigenvalue weighted by molar-refractivity contribution is 6.74. The van der Waals surface area contributed by atoms with E-state index in [9.17, 15) is 14.7 Å². The van der Waals surface area contributed by atoms with Crippen LogP contribution in [0.4, 0.5) is 26.5 Å². The Morgan fingerprint density at radius 3 is 2.15 bits per heavy atom. The van der Waals surface area contributed by atoms with Crippen molar-refractivity contribution in [2.24, 2.45) is 5.92 Å². The molecule has 0 fully saturated rings. The summed E-state index contributed by atoms with van der Waals surface area (Å²) in [7, 11) is -2.05. The molecule has 2 aromatic heterocycles. The first-order valence-corrected chi connectivity index (χ1v) is 18.9. The zero-order valence-corrected chi connectivity index (χ0v) is 29.7. The fourth-order valence-corrected chi connectivity index (χ4v) is 5.54. The maximum atomic E-state index is 15.9. The molecule has 2 N–H and O–H groups in total. The van der Waals surface area contributed by atoms with Gasteiger partial charge in [-0.25, -0.2) is 19.1 Å². The van der Waals surface area contributed by atoms with Crippen molar-refractivity contribution in [1.82, 2.24) is 19.5 Å². The molecule has 0 aliphatic rings. The Hall–Kier alpha value is -4.46. The number of benzene rings is 2. The molecule has 256 valence electrons. The molecule has 0 radical (unpaired) electrons. The summed E-state index contributed by atoms with van der Waals surface area (Å²) >= 11 is 0. The van der Waals surface area contributed by atoms with Crippen molar-refractivity contribution in [3.05, 3.63) is 78.4 Å². The van der Waals surface area contributed by atoms with Gasteiger partial charge in [0.05, 0.1) is 24.2 Å². The summed E-state index contributed by atoms with van der Waals surface area (Å²) in [6.45, 7) is 14.0. The number of fused-ring (bicyclic) bond motifs is 1. The van der Waals surface area contributed by atoms with Gasteiger partial charge in [0.2, 0.25) is 11.9 Å². The Balaban J connectivity index is 1.70. The molecule has 2 amide bonds. The number of nitrogens with zero attached hydrogens (tertiary/aromatic N) is 5. The summed E-state index contributed by atoms with van der Waals surface area (Å²) in [4.78, 5) is 41.0. The Bertz CT molecular complexity index is 1700. The molecule has 2 aromatic carbocycles. The standard InChI is InChI=1S/C35H45FN6O5Si/c1-24(2)31(44)39-33-38-30-29(32(40-33)47-34(45)42(26-14-10-8-11-15-26)27-16-12-9-13-17-27)37-23-41(30)22-28(36)25(18-20-43)19-21-46-48(6,7)35(3,4)5/h8-17,23-24,43H,18-22H2,1-7H3,(H,38,39,40,44)/b28-25-. The molecule has 0 bridgehead atoms. The summed E-state index contributed by atoms with van der Waals surface area (Å²) in [5.74, 6) is -1.54. The predicted octanol–water partition coefficient (Wildman–Crippen LogP) is 7.78. The molecule has 0 saturated heterocycles. The summed E-state index contributed by atoms with van der Waals surface area (Å²) < 4.78 is 29.4. The molecule has 0 atom stereocenters. The van der Waals surface area contributed by atoms with Crippen LogP contribution in [0.2, 0.25) is 18.1 Å². The second-order valence-corrected chi connectivity index (χ2v) is 18.1. The first-order chi connectivity index (χ1) is 22.7. The molecule has 0 aliphatic heterocycles. The largest absolute Gasteiger partial charge is 0.425 e. The van der Waals surface area contributed by atoms with Crippen LogP contribution in [0.5, 0.6) is 5.88 Å². The Morgan fingerprint density at radius 2 is 1.60 bits per heavy atom. The van der Waals surface area contributed by atoms with Crippen LogP contribution in [0.1, 0.15) is 47.5 Å². The van der Waals surface area contributed by atoms with Crippen molar-refractivity contribution in [2.75, 3.05) is 23.4 Å². The molecule has 0 aliphatic carbocycles. The second-order valence-electron chi connectivity index (χ2n) is 13.3. The number of amides is 2. The van der Waals surface area contributed by atoms with Gasteiger partial charge in [-0.05, 0) is 60.8 Å². The van der Waals surface area contributed by atoms with Crippen LogP contribution in [-0.4, -0.2) is 58.2 Å². The minimum Gasteiger partial charge on any atom is -0.417 e. The Morgan fingerprint density at radius 1 is 1.00 bits per heavy atom. The van der Waals surface area contributed by atoms with Gasteiger partial charge >= 0.3 is 6.09 Å². The lowest BCUT2D eigenvalue weighted by molar-refractivity contribution is -0.118. The van der Waals surface area contributed by atoms with E-state index in [1.807, 2.05) is 12.1 Å². The predicted molar refractivity (Wildman–Crippen MR) is 187 cm³/mol. The number of hydrogen-bond donors (Lipinski definition) is 2. The molecule has 11 nitrogen and oxygen atoms in total. The number of aliphatic hydroxyl groups is 1. The molecule has 4 aromatic rings. The van der Waals surface area contributed by atoms with E-state index in [1.165, 1.54) is 15.8 Å². The highest BCUT2D eigenvalue weighted by Gasteiger charge is 2.37. The van der Waals surface area contributed by atoms with Gasteiger partial charge in [-0.2, -0.15) is 9.97 Å². The summed E-state index contributed by atoms with van der Waals surface area (Å²) in [5, 5.41) is 12.4. The number of para-hydroxylation sites is 2. The second kappa shape index (κ2) is 15.6. The number of rotatable bonds is 13. The number of halogens is 1. The summed E-state index contributed by atoms with van der Waals surface area (Å²) in [6.07, 6.45) is 1.05. The number of aliphatic hydroxyl groups excluding tert-OH is 1. The van der Waals surface area contributed by atoms with E-state index in [0.29, 0.717) is 30.0 Å². The van der Waals surface area contributed by atoms with Gasteiger partial charge in [0.15, 0.2) is 19.5 Å². The maximum absolute atomic E-state index is 15.9. The third-order valence-corrected chi connectivity index (χ3v) is 12.9. The van der Waals surface area contributed by atoms with Gasteiger partial charge in [0.25, 0.3) is 5.88 Å². The number of hydrogen-bond acceptors (Lipinski definition) is 8. The van der Waals surface area contributed by atoms with Gasteiger partial charge in [-0.1, -0.05) is 71.0 Å². The van der Waals surface area contributed by atoms with Crippen molar-refractivity contribution >= 4 is 48.8 Å². The van der Waals surface area contributed by atoms with E-state index in [1.54, 1.807) is 62.4 Å². The zero-order valence-electron chi connectivity index (χ0n) is 28.7. The molecule has 48 heavy (non-hydrogen) atoms. The van der Waals surface area contributed by atoms with Gasteiger partial charge in [-0.15, -0.1) is 0 Å². The number of anilines is 3. The lowest BCUT2D eigenvalue weighted by Gasteiger charge is -2.36. The maximum Gasteiger partial charge on any atom is 0.425 e. The van der Waals surface area contributed by atoms with Crippen LogP contribution < -0.4 is 15.0 Å². The number of carbonyl (C=O) groups excluding carboxylic acids is 2. The molecule has 2 heterocycles. The van der Waals surface area contributed by atoms with Gasteiger partial charge in [0.1, 0.15) is 5.83 Å². The van der Waals surface area contributed by atoms with Crippen molar-refractivity contribution in [3.63, 3.8) is 0 Å². The highest BCUT2D eigenvalue weighted by Crippen LogP contribution is 2.37. The number of allylic oxidation sites excluding steroid dienone is 1. The van der Waals surface area contributed by atoms with Crippen LogP contribution in [0.3, 0.4) is 0 Å². The number of aromatic nitrogens is 4. The quantitative estimate of drug-likeness (QED) is 0.137. The fraction of sp³-hybridized carbons (Fsp3) is 0.400. The van der Waals surface area contributed by atoms with Crippen LogP contribution in [0.25, 0.3) is 11.2 Å². The Labute approximate surface area is 282 Å². The third-order valence-electron chi connectivity index (χ3n) is 8.37. The minimum atomic E-state index is -2.05. The van der Waals surface area contributed by atoms with Crippen molar-refractivity contribution in [1.29, 1.82) is 0 Å². The van der Waals surface area contributed by atoms with Crippen LogP contribution in [0.15, 0.2) is 78.4 Å². The molecular weight excluding hydrogens is 632 g/mol.